The molecule has 0 radical (unpaired) electrons. The van der Waals surface area contributed by atoms with Crippen LogP contribution in [0.15, 0.2) is 28.7 Å². The minimum absolute atomic E-state index is 0.0180. The first kappa shape index (κ1) is 11.6. The Morgan fingerprint density at radius 1 is 1.36 bits per heavy atom. The van der Waals surface area contributed by atoms with Crippen LogP contribution in [0, 0.1) is 5.92 Å². The number of halogens is 3. The number of alkyl halides is 2. The molecule has 2 N–H and O–H groups in total. The molecule has 1 nitrogen and oxygen atoms in total. The van der Waals surface area contributed by atoms with E-state index >= 15 is 0 Å². The standard InChI is InChI=1S/C10H12BrF2N/c11-9-3-1-2-7(5-9)4-8(6-14)10(12)13/h1-3,5,8,10H,4,6,14H2. The number of rotatable bonds is 4. The maximum absolute atomic E-state index is 12.4. The Morgan fingerprint density at radius 3 is 2.57 bits per heavy atom. The van der Waals surface area contributed by atoms with Crippen LogP contribution in [0.4, 0.5) is 8.78 Å². The van der Waals surface area contributed by atoms with Gasteiger partial charge in [0.25, 0.3) is 0 Å². The summed E-state index contributed by atoms with van der Waals surface area (Å²) in [5.41, 5.74) is 6.15. The summed E-state index contributed by atoms with van der Waals surface area (Å²) in [4.78, 5) is 0. The van der Waals surface area contributed by atoms with Crippen LogP contribution in [0.3, 0.4) is 0 Å². The van der Waals surface area contributed by atoms with Gasteiger partial charge in [-0.15, -0.1) is 0 Å². The van der Waals surface area contributed by atoms with E-state index in [0.29, 0.717) is 6.42 Å². The highest BCUT2D eigenvalue weighted by molar-refractivity contribution is 9.10. The summed E-state index contributed by atoms with van der Waals surface area (Å²) in [7, 11) is 0. The second-order valence-corrected chi connectivity index (χ2v) is 4.08. The molecule has 0 aliphatic rings. The van der Waals surface area contributed by atoms with E-state index in [9.17, 15) is 8.78 Å². The van der Waals surface area contributed by atoms with E-state index in [-0.39, 0.29) is 6.54 Å². The molecule has 1 unspecified atom stereocenters. The predicted molar refractivity (Wildman–Crippen MR) is 56.4 cm³/mol. The Morgan fingerprint density at radius 2 is 2.07 bits per heavy atom. The largest absolute Gasteiger partial charge is 0.330 e. The Labute approximate surface area is 90.4 Å². The maximum Gasteiger partial charge on any atom is 0.242 e. The van der Waals surface area contributed by atoms with E-state index in [1.807, 2.05) is 24.3 Å². The van der Waals surface area contributed by atoms with Gasteiger partial charge >= 0.3 is 0 Å². The summed E-state index contributed by atoms with van der Waals surface area (Å²) in [6.07, 6.45) is -2.02. The molecule has 0 fully saturated rings. The smallest absolute Gasteiger partial charge is 0.242 e. The molecule has 1 aromatic carbocycles. The molecule has 0 heterocycles. The zero-order chi connectivity index (χ0) is 10.6. The molecule has 0 spiro atoms. The summed E-state index contributed by atoms with van der Waals surface area (Å²) in [6, 6.07) is 7.36. The van der Waals surface area contributed by atoms with Crippen LogP contribution in [0.5, 0.6) is 0 Å². The van der Waals surface area contributed by atoms with Crippen molar-refractivity contribution in [2.45, 2.75) is 12.8 Å². The fourth-order valence-corrected chi connectivity index (χ4v) is 1.69. The van der Waals surface area contributed by atoms with Crippen molar-refractivity contribution in [3.05, 3.63) is 34.3 Å². The highest BCUT2D eigenvalue weighted by Crippen LogP contribution is 2.18. The summed E-state index contributed by atoms with van der Waals surface area (Å²) in [5.74, 6) is -0.746. The van der Waals surface area contributed by atoms with E-state index < -0.39 is 12.3 Å². The molecule has 0 saturated heterocycles. The van der Waals surface area contributed by atoms with Crippen LogP contribution in [0.2, 0.25) is 0 Å². The second-order valence-electron chi connectivity index (χ2n) is 3.16. The van der Waals surface area contributed by atoms with Crippen LogP contribution >= 0.6 is 15.9 Å². The molecular weight excluding hydrogens is 252 g/mol. The van der Waals surface area contributed by atoms with Crippen molar-refractivity contribution in [2.75, 3.05) is 6.54 Å². The first-order chi connectivity index (χ1) is 6.63. The quantitative estimate of drug-likeness (QED) is 0.889. The van der Waals surface area contributed by atoms with Crippen LogP contribution < -0.4 is 5.73 Å². The Bertz CT molecular complexity index is 291. The maximum atomic E-state index is 12.4. The van der Waals surface area contributed by atoms with Gasteiger partial charge in [0, 0.05) is 16.9 Å². The average Bonchev–Trinajstić information content (AvgIpc) is 2.14. The molecule has 1 aromatic rings. The fraction of sp³-hybridized carbons (Fsp3) is 0.400. The van der Waals surface area contributed by atoms with Gasteiger partial charge in [-0.2, -0.15) is 0 Å². The van der Waals surface area contributed by atoms with Crippen molar-refractivity contribution in [1.29, 1.82) is 0 Å². The Hall–Kier alpha value is -0.480. The van der Waals surface area contributed by atoms with Crippen molar-refractivity contribution in [2.24, 2.45) is 11.7 Å². The molecule has 0 bridgehead atoms. The second kappa shape index (κ2) is 5.41. The van der Waals surface area contributed by atoms with Crippen LogP contribution in [0.25, 0.3) is 0 Å². The zero-order valence-electron chi connectivity index (χ0n) is 7.59. The third-order valence-electron chi connectivity index (χ3n) is 2.05. The monoisotopic (exact) mass is 263 g/mol. The molecule has 0 aromatic heterocycles. The average molecular weight is 264 g/mol. The SMILES string of the molecule is NCC(Cc1cccc(Br)c1)C(F)F. The van der Waals surface area contributed by atoms with Gasteiger partial charge in [-0.1, -0.05) is 28.1 Å². The molecule has 0 aliphatic carbocycles. The normalized spacial score (nSPS) is 13.2. The highest BCUT2D eigenvalue weighted by Gasteiger charge is 2.18. The van der Waals surface area contributed by atoms with Gasteiger partial charge in [-0.05, 0) is 24.1 Å². The number of hydrogen-bond acceptors (Lipinski definition) is 1. The fourth-order valence-electron chi connectivity index (χ4n) is 1.24. The lowest BCUT2D eigenvalue weighted by Crippen LogP contribution is -2.23. The summed E-state index contributed by atoms with van der Waals surface area (Å²) in [5, 5.41) is 0. The van der Waals surface area contributed by atoms with Gasteiger partial charge in [0.1, 0.15) is 0 Å². The van der Waals surface area contributed by atoms with Crippen LogP contribution in [0.1, 0.15) is 5.56 Å². The van der Waals surface area contributed by atoms with E-state index in [1.54, 1.807) is 0 Å². The molecule has 14 heavy (non-hydrogen) atoms. The van der Waals surface area contributed by atoms with Crippen molar-refractivity contribution < 1.29 is 8.78 Å². The first-order valence-corrected chi connectivity index (χ1v) is 5.15. The lowest BCUT2D eigenvalue weighted by molar-refractivity contribution is 0.0814. The predicted octanol–water partition coefficient (Wildman–Crippen LogP) is 2.83. The van der Waals surface area contributed by atoms with Gasteiger partial charge in [0.15, 0.2) is 0 Å². The zero-order valence-corrected chi connectivity index (χ0v) is 9.18. The number of hydrogen-bond donors (Lipinski definition) is 1. The highest BCUT2D eigenvalue weighted by atomic mass is 79.9. The lowest BCUT2D eigenvalue weighted by atomic mass is 10.0. The third kappa shape index (κ3) is 3.35. The minimum Gasteiger partial charge on any atom is -0.330 e. The third-order valence-corrected chi connectivity index (χ3v) is 2.54. The summed E-state index contributed by atoms with van der Waals surface area (Å²) >= 11 is 3.29. The van der Waals surface area contributed by atoms with Gasteiger partial charge in [-0.3, -0.25) is 0 Å². The van der Waals surface area contributed by atoms with E-state index in [4.69, 9.17) is 5.73 Å². The van der Waals surface area contributed by atoms with Gasteiger partial charge in [0.05, 0.1) is 0 Å². The van der Waals surface area contributed by atoms with Crippen LogP contribution in [-0.2, 0) is 6.42 Å². The minimum atomic E-state index is -2.35. The molecule has 0 saturated carbocycles. The number of benzene rings is 1. The molecule has 78 valence electrons. The van der Waals surface area contributed by atoms with Crippen molar-refractivity contribution in [3.8, 4) is 0 Å². The van der Waals surface area contributed by atoms with Gasteiger partial charge in [-0.25, -0.2) is 8.78 Å². The Kier molecular flexibility index (Phi) is 4.48. The molecular formula is C10H12BrF2N. The van der Waals surface area contributed by atoms with Crippen LogP contribution in [-0.4, -0.2) is 13.0 Å². The van der Waals surface area contributed by atoms with Gasteiger partial charge < -0.3 is 5.73 Å². The molecule has 4 heteroatoms. The van der Waals surface area contributed by atoms with Gasteiger partial charge in [0.2, 0.25) is 6.43 Å². The van der Waals surface area contributed by atoms with E-state index in [2.05, 4.69) is 15.9 Å². The summed E-state index contributed by atoms with van der Waals surface area (Å²) < 4.78 is 25.7. The Balaban J connectivity index is 2.67. The topological polar surface area (TPSA) is 26.0 Å². The molecule has 0 amide bonds. The first-order valence-electron chi connectivity index (χ1n) is 4.36. The lowest BCUT2D eigenvalue weighted by Gasteiger charge is -2.13. The van der Waals surface area contributed by atoms with Crippen molar-refractivity contribution >= 4 is 15.9 Å². The number of nitrogens with two attached hydrogens (primary N) is 1. The van der Waals surface area contributed by atoms with Crippen molar-refractivity contribution in [3.63, 3.8) is 0 Å². The van der Waals surface area contributed by atoms with E-state index in [1.165, 1.54) is 0 Å². The van der Waals surface area contributed by atoms with E-state index in [0.717, 1.165) is 10.0 Å². The summed E-state index contributed by atoms with van der Waals surface area (Å²) in [6.45, 7) is 0.0180. The van der Waals surface area contributed by atoms with Crippen molar-refractivity contribution in [1.82, 2.24) is 0 Å². The molecule has 0 aliphatic heterocycles. The molecule has 1 rings (SSSR count). The molecule has 1 atom stereocenters.